The number of ketones is 2. The first-order valence-electron chi connectivity index (χ1n) is 11.4. The minimum atomic E-state index is -0.560. The van der Waals surface area contributed by atoms with Crippen LogP contribution >= 0.6 is 0 Å². The number of methoxy groups -OCH3 is 2. The highest BCUT2D eigenvalue weighted by atomic mass is 16.5. The van der Waals surface area contributed by atoms with E-state index in [4.69, 9.17) is 9.47 Å². The molecular weight excluding hydrogens is 450 g/mol. The molecular formula is C27H25NO7. The Morgan fingerprint density at radius 2 is 1.71 bits per heavy atom. The molecule has 3 aliphatic carbocycles. The van der Waals surface area contributed by atoms with E-state index in [-0.39, 0.29) is 53.0 Å². The van der Waals surface area contributed by atoms with E-state index in [1.807, 2.05) is 12.2 Å². The number of hydrogen-bond acceptors (Lipinski definition) is 7. The van der Waals surface area contributed by atoms with E-state index in [1.165, 1.54) is 20.3 Å². The van der Waals surface area contributed by atoms with Gasteiger partial charge in [0.25, 0.3) is 0 Å². The summed E-state index contributed by atoms with van der Waals surface area (Å²) in [6.07, 6.45) is 7.57. The van der Waals surface area contributed by atoms with Crippen LogP contribution < -0.4 is 14.8 Å². The van der Waals surface area contributed by atoms with E-state index in [1.54, 1.807) is 25.1 Å². The molecule has 8 nitrogen and oxygen atoms in total. The van der Waals surface area contributed by atoms with Crippen molar-refractivity contribution in [3.05, 3.63) is 58.2 Å². The number of Topliss-reactive ketones (excluding diaryl/α,β-unsaturated/α-hetero) is 1. The average molecular weight is 475 g/mol. The molecule has 0 saturated carbocycles. The first kappa shape index (κ1) is 22.8. The van der Waals surface area contributed by atoms with E-state index < -0.39 is 17.8 Å². The number of nitrogens with one attached hydrogen (secondary N) is 1. The van der Waals surface area contributed by atoms with Crippen LogP contribution in [0.3, 0.4) is 0 Å². The predicted molar refractivity (Wildman–Crippen MR) is 125 cm³/mol. The Kier molecular flexibility index (Phi) is 5.46. The van der Waals surface area contributed by atoms with Crippen LogP contribution in [-0.2, 0) is 19.2 Å². The van der Waals surface area contributed by atoms with Gasteiger partial charge in [-0.1, -0.05) is 23.8 Å². The van der Waals surface area contributed by atoms with Crippen molar-refractivity contribution in [2.75, 3.05) is 14.2 Å². The van der Waals surface area contributed by atoms with Gasteiger partial charge in [-0.25, -0.2) is 0 Å². The number of phenols is 1. The van der Waals surface area contributed by atoms with E-state index in [9.17, 15) is 24.3 Å². The summed E-state index contributed by atoms with van der Waals surface area (Å²) in [5, 5.41) is 12.7. The molecule has 0 bridgehead atoms. The van der Waals surface area contributed by atoms with Gasteiger partial charge in [0.05, 0.1) is 26.1 Å². The van der Waals surface area contributed by atoms with Crippen molar-refractivity contribution >= 4 is 29.5 Å². The number of amides is 2. The maximum Gasteiger partial charge on any atom is 0.231 e. The Hall–Kier alpha value is -3.94. The van der Waals surface area contributed by atoms with Crippen LogP contribution in [0.25, 0.3) is 6.08 Å². The number of aromatic hydroxyl groups is 1. The second kappa shape index (κ2) is 8.37. The van der Waals surface area contributed by atoms with Crippen molar-refractivity contribution in [2.24, 2.45) is 23.7 Å². The molecule has 1 fully saturated rings. The van der Waals surface area contributed by atoms with Crippen molar-refractivity contribution in [2.45, 2.75) is 19.8 Å². The number of hydrogen-bond donors (Lipinski definition) is 2. The van der Waals surface area contributed by atoms with Crippen LogP contribution in [0.5, 0.6) is 17.2 Å². The molecule has 1 heterocycles. The highest BCUT2D eigenvalue weighted by Gasteiger charge is 2.52. The lowest BCUT2D eigenvalue weighted by Crippen LogP contribution is -2.39. The number of imide groups is 1. The Morgan fingerprint density at radius 3 is 2.37 bits per heavy atom. The Bertz CT molecular complexity index is 1290. The molecule has 1 aliphatic heterocycles. The summed E-state index contributed by atoms with van der Waals surface area (Å²) in [6.45, 7) is 1.62. The highest BCUT2D eigenvalue weighted by Crippen LogP contribution is 2.51. The number of carbonyl (C=O) groups excluding carboxylic acids is 4. The molecule has 5 rings (SSSR count). The molecule has 35 heavy (non-hydrogen) atoms. The molecule has 4 atom stereocenters. The lowest BCUT2D eigenvalue weighted by atomic mass is 9.60. The summed E-state index contributed by atoms with van der Waals surface area (Å²) in [5.41, 5.74) is 2.74. The summed E-state index contributed by atoms with van der Waals surface area (Å²) < 4.78 is 10.5. The van der Waals surface area contributed by atoms with Crippen molar-refractivity contribution in [3.8, 4) is 17.2 Å². The van der Waals surface area contributed by atoms with Crippen molar-refractivity contribution < 1.29 is 33.8 Å². The summed E-state index contributed by atoms with van der Waals surface area (Å²) in [7, 11) is 2.87. The fraction of sp³-hybridized carbons (Fsp3) is 0.333. The van der Waals surface area contributed by atoms with Gasteiger partial charge in [-0.3, -0.25) is 24.5 Å². The van der Waals surface area contributed by atoms with Gasteiger partial charge in [-0.15, -0.1) is 0 Å². The molecule has 1 saturated heterocycles. The van der Waals surface area contributed by atoms with Gasteiger partial charge in [-0.2, -0.15) is 0 Å². The third-order valence-corrected chi connectivity index (χ3v) is 7.44. The Balaban J connectivity index is 1.62. The average Bonchev–Trinajstić information content (AvgIpc) is 3.14. The maximum atomic E-state index is 13.1. The van der Waals surface area contributed by atoms with Gasteiger partial charge < -0.3 is 14.6 Å². The van der Waals surface area contributed by atoms with Crippen LogP contribution in [0.4, 0.5) is 0 Å². The lowest BCUT2D eigenvalue weighted by molar-refractivity contribution is -0.126. The van der Waals surface area contributed by atoms with Crippen LogP contribution in [0.1, 0.15) is 25.3 Å². The zero-order chi connectivity index (χ0) is 25.0. The summed E-state index contributed by atoms with van der Waals surface area (Å²) in [5.74, 6) is -2.58. The first-order valence-corrected chi connectivity index (χ1v) is 11.4. The van der Waals surface area contributed by atoms with Gasteiger partial charge in [0.1, 0.15) is 0 Å². The summed E-state index contributed by atoms with van der Waals surface area (Å²) >= 11 is 0. The minimum absolute atomic E-state index is 0.124. The van der Waals surface area contributed by atoms with Gasteiger partial charge in [0.2, 0.25) is 17.6 Å². The first-order chi connectivity index (χ1) is 16.7. The van der Waals surface area contributed by atoms with Crippen molar-refractivity contribution in [3.63, 3.8) is 0 Å². The molecule has 0 aromatic heterocycles. The van der Waals surface area contributed by atoms with Crippen LogP contribution in [0, 0.1) is 23.7 Å². The number of rotatable bonds is 4. The third kappa shape index (κ3) is 3.51. The lowest BCUT2D eigenvalue weighted by Gasteiger charge is -2.41. The standard InChI is InChI=1S/C27H25NO7/c1-12-8-19(29)22-15(5-4-13-9-20(34-2)25(31)21(10-13)35-3)14-6-7-16-23(27(33)28-26(16)32)17(14)11-18(22)24(12)30/h4-6,8-10,15-17,23,31H,7,11H2,1-3H3,(H,28,32,33)/t15-,16-,17+,23-/m0/s1. The molecule has 180 valence electrons. The van der Waals surface area contributed by atoms with Crippen LogP contribution in [-0.4, -0.2) is 42.7 Å². The van der Waals surface area contributed by atoms with Gasteiger partial charge in [0.15, 0.2) is 23.1 Å². The second-order valence-electron chi connectivity index (χ2n) is 9.26. The van der Waals surface area contributed by atoms with Crippen LogP contribution in [0.2, 0.25) is 0 Å². The molecule has 1 aromatic carbocycles. The van der Waals surface area contributed by atoms with Crippen molar-refractivity contribution in [1.29, 1.82) is 0 Å². The van der Waals surface area contributed by atoms with E-state index in [2.05, 4.69) is 5.32 Å². The topological polar surface area (TPSA) is 119 Å². The SMILES string of the molecule is COc1cc(C=C[C@H]2C3=CC[C@@H]4C(=O)NC(=O)[C@@H]4[C@@H]3CC3=C2C(=O)C=C(C)C3=O)cc(OC)c1O. The van der Waals surface area contributed by atoms with Gasteiger partial charge >= 0.3 is 0 Å². The number of carbonyl (C=O) groups is 4. The van der Waals surface area contributed by atoms with E-state index in [0.29, 0.717) is 28.7 Å². The molecule has 1 aromatic rings. The van der Waals surface area contributed by atoms with E-state index >= 15 is 0 Å². The largest absolute Gasteiger partial charge is 0.502 e. The predicted octanol–water partition coefficient (Wildman–Crippen LogP) is 2.67. The Morgan fingerprint density at radius 1 is 1.03 bits per heavy atom. The fourth-order valence-corrected chi connectivity index (χ4v) is 5.79. The van der Waals surface area contributed by atoms with Crippen LogP contribution in [0.15, 0.2) is 52.7 Å². The smallest absolute Gasteiger partial charge is 0.231 e. The number of benzene rings is 1. The number of ether oxygens (including phenoxy) is 2. The summed E-state index contributed by atoms with van der Waals surface area (Å²) in [6, 6.07) is 3.27. The second-order valence-corrected chi connectivity index (χ2v) is 9.26. The molecule has 0 unspecified atom stereocenters. The zero-order valence-electron chi connectivity index (χ0n) is 19.6. The fourth-order valence-electron chi connectivity index (χ4n) is 5.79. The molecule has 0 spiro atoms. The molecule has 2 amide bonds. The third-order valence-electron chi connectivity index (χ3n) is 7.44. The number of allylic oxidation sites excluding steroid dienone is 7. The Labute approximate surface area is 202 Å². The zero-order valence-corrected chi connectivity index (χ0v) is 19.6. The maximum absolute atomic E-state index is 13.1. The molecule has 0 radical (unpaired) electrons. The highest BCUT2D eigenvalue weighted by molar-refractivity contribution is 6.23. The minimum Gasteiger partial charge on any atom is -0.502 e. The molecule has 2 N–H and O–H groups in total. The quantitative estimate of drug-likeness (QED) is 0.390. The van der Waals surface area contributed by atoms with Gasteiger partial charge in [0, 0.05) is 22.6 Å². The number of fused-ring (bicyclic) bond motifs is 3. The van der Waals surface area contributed by atoms with E-state index in [0.717, 1.165) is 5.57 Å². The molecule has 8 heteroatoms. The summed E-state index contributed by atoms with van der Waals surface area (Å²) in [4.78, 5) is 51.2. The normalized spacial score (nSPS) is 27.7. The monoisotopic (exact) mass is 475 g/mol. The molecule has 4 aliphatic rings. The van der Waals surface area contributed by atoms with Gasteiger partial charge in [-0.05, 0) is 49.5 Å². The van der Waals surface area contributed by atoms with Crippen molar-refractivity contribution in [1.82, 2.24) is 5.32 Å². The number of phenolic OH excluding ortho intramolecular Hbond substituents is 1.